The van der Waals surface area contributed by atoms with E-state index in [-0.39, 0.29) is 5.97 Å². The van der Waals surface area contributed by atoms with Gasteiger partial charge in [0.25, 0.3) is 0 Å². The average molecular weight is 336 g/mol. The molecule has 0 unspecified atom stereocenters. The Morgan fingerprint density at radius 1 is 0.880 bits per heavy atom. The summed E-state index contributed by atoms with van der Waals surface area (Å²) in [6.07, 6.45) is 0.867. The molecule has 3 rings (SSSR count). The molecule has 0 heterocycles. The third-order valence-corrected chi connectivity index (χ3v) is 3.80. The van der Waals surface area contributed by atoms with E-state index in [4.69, 9.17) is 14.2 Å². The summed E-state index contributed by atoms with van der Waals surface area (Å²) in [6, 6.07) is 21.0. The zero-order valence-corrected chi connectivity index (χ0v) is 14.1. The van der Waals surface area contributed by atoms with Crippen LogP contribution in [-0.4, -0.2) is 19.7 Å². The lowest BCUT2D eigenvalue weighted by Crippen LogP contribution is -2.10. The number of hydrogen-bond acceptors (Lipinski definition) is 4. The first kappa shape index (κ1) is 16.8. The molecule has 128 valence electrons. The van der Waals surface area contributed by atoms with Gasteiger partial charge in [-0.2, -0.15) is 0 Å². The largest absolute Gasteiger partial charge is 0.493 e. The number of carbonyl (C=O) groups is 1. The quantitative estimate of drug-likeness (QED) is 0.359. The number of rotatable bonds is 7. The number of hydrogen-bond donors (Lipinski definition) is 0. The first-order valence-corrected chi connectivity index (χ1v) is 8.21. The highest BCUT2D eigenvalue weighted by atomic mass is 16.5. The van der Waals surface area contributed by atoms with E-state index in [1.165, 1.54) is 0 Å². The van der Waals surface area contributed by atoms with Gasteiger partial charge in [-0.3, -0.25) is 4.79 Å². The van der Waals surface area contributed by atoms with Crippen molar-refractivity contribution in [2.45, 2.75) is 12.8 Å². The maximum absolute atomic E-state index is 12.0. The van der Waals surface area contributed by atoms with Gasteiger partial charge in [-0.25, -0.2) is 0 Å². The maximum Gasteiger partial charge on any atom is 0.311 e. The summed E-state index contributed by atoms with van der Waals surface area (Å²) in [6.45, 7) is 0.424. The normalized spacial score (nSPS) is 10.4. The molecule has 4 nitrogen and oxygen atoms in total. The third-order valence-electron chi connectivity index (χ3n) is 3.80. The lowest BCUT2D eigenvalue weighted by atomic mass is 10.1. The van der Waals surface area contributed by atoms with Gasteiger partial charge >= 0.3 is 5.97 Å². The highest BCUT2D eigenvalue weighted by molar-refractivity contribution is 5.84. The summed E-state index contributed by atoms with van der Waals surface area (Å²) in [7, 11) is 1.60. The molecule has 0 N–H and O–H groups in total. The van der Waals surface area contributed by atoms with Crippen LogP contribution in [0, 0.1) is 0 Å². The number of ether oxygens (including phenoxy) is 3. The molecule has 0 atom stereocenters. The van der Waals surface area contributed by atoms with Crippen LogP contribution in [-0.2, 0) is 4.79 Å². The Hall–Kier alpha value is -3.01. The highest BCUT2D eigenvalue weighted by Crippen LogP contribution is 2.26. The molecular formula is C21H20O4. The monoisotopic (exact) mass is 336 g/mol. The van der Waals surface area contributed by atoms with Crippen LogP contribution in [0.5, 0.6) is 17.2 Å². The number of para-hydroxylation sites is 2. The molecule has 0 radical (unpaired) electrons. The second-order valence-electron chi connectivity index (χ2n) is 5.59. The lowest BCUT2D eigenvalue weighted by Gasteiger charge is -2.10. The Labute approximate surface area is 146 Å². The summed E-state index contributed by atoms with van der Waals surface area (Å²) in [5.74, 6) is 1.65. The van der Waals surface area contributed by atoms with E-state index in [1.807, 2.05) is 66.7 Å². The molecule has 0 saturated carbocycles. The van der Waals surface area contributed by atoms with Gasteiger partial charge in [-0.1, -0.05) is 42.5 Å². The average Bonchev–Trinajstić information content (AvgIpc) is 2.65. The summed E-state index contributed by atoms with van der Waals surface area (Å²) in [4.78, 5) is 12.0. The molecule has 0 fully saturated rings. The van der Waals surface area contributed by atoms with Crippen molar-refractivity contribution in [3.63, 3.8) is 0 Å². The Morgan fingerprint density at radius 3 is 2.40 bits per heavy atom. The minimum Gasteiger partial charge on any atom is -0.493 e. The van der Waals surface area contributed by atoms with Crippen LogP contribution in [0.2, 0.25) is 0 Å². The predicted octanol–water partition coefficient (Wildman–Crippen LogP) is 4.61. The Bertz CT molecular complexity index is 857. The molecule has 0 saturated heterocycles. The topological polar surface area (TPSA) is 44.8 Å². The number of esters is 1. The lowest BCUT2D eigenvalue weighted by molar-refractivity contribution is -0.134. The van der Waals surface area contributed by atoms with Crippen LogP contribution < -0.4 is 14.2 Å². The first-order chi connectivity index (χ1) is 12.3. The minimum atomic E-state index is -0.265. The molecule has 0 spiro atoms. The van der Waals surface area contributed by atoms with E-state index < -0.39 is 0 Å². The van der Waals surface area contributed by atoms with Crippen molar-refractivity contribution in [3.05, 3.63) is 66.7 Å². The Morgan fingerprint density at radius 2 is 1.60 bits per heavy atom. The molecule has 3 aromatic carbocycles. The number of methoxy groups -OCH3 is 1. The Kier molecular flexibility index (Phi) is 5.52. The van der Waals surface area contributed by atoms with Gasteiger partial charge in [0.05, 0.1) is 13.7 Å². The number of carbonyl (C=O) groups excluding carboxylic acids is 1. The van der Waals surface area contributed by atoms with Crippen molar-refractivity contribution in [2.75, 3.05) is 13.7 Å². The molecule has 25 heavy (non-hydrogen) atoms. The maximum atomic E-state index is 12.0. The van der Waals surface area contributed by atoms with Crippen LogP contribution >= 0.6 is 0 Å². The standard InChI is InChI=1S/C21H20O4/c1-23-19-9-4-5-10-20(19)24-14-6-11-21(22)25-18-13-12-16-7-2-3-8-17(16)15-18/h2-5,7-10,12-13,15H,6,11,14H2,1H3. The highest BCUT2D eigenvalue weighted by Gasteiger charge is 2.07. The fourth-order valence-corrected chi connectivity index (χ4v) is 2.55. The van der Waals surface area contributed by atoms with Crippen molar-refractivity contribution < 1.29 is 19.0 Å². The molecule has 0 bridgehead atoms. The van der Waals surface area contributed by atoms with Crippen molar-refractivity contribution in [2.24, 2.45) is 0 Å². The second-order valence-corrected chi connectivity index (χ2v) is 5.59. The molecule has 0 amide bonds. The number of benzene rings is 3. The van der Waals surface area contributed by atoms with Gasteiger partial charge < -0.3 is 14.2 Å². The van der Waals surface area contributed by atoms with E-state index in [0.717, 1.165) is 10.8 Å². The van der Waals surface area contributed by atoms with E-state index in [9.17, 15) is 4.79 Å². The van der Waals surface area contributed by atoms with Crippen LogP contribution in [0.3, 0.4) is 0 Å². The molecule has 3 aromatic rings. The fourth-order valence-electron chi connectivity index (χ4n) is 2.55. The SMILES string of the molecule is COc1ccccc1OCCCC(=O)Oc1ccc2ccccc2c1. The predicted molar refractivity (Wildman–Crippen MR) is 97.3 cm³/mol. The van der Waals surface area contributed by atoms with Gasteiger partial charge in [0, 0.05) is 6.42 Å². The molecule has 0 aliphatic carbocycles. The van der Waals surface area contributed by atoms with Gasteiger partial charge in [0.2, 0.25) is 0 Å². The zero-order valence-electron chi connectivity index (χ0n) is 14.1. The van der Waals surface area contributed by atoms with E-state index in [2.05, 4.69) is 0 Å². The molecule has 0 aliphatic heterocycles. The van der Waals surface area contributed by atoms with Gasteiger partial charge in [-0.05, 0) is 41.5 Å². The summed E-state index contributed by atoms with van der Waals surface area (Å²) < 4.78 is 16.3. The van der Waals surface area contributed by atoms with Crippen molar-refractivity contribution in [3.8, 4) is 17.2 Å². The molecule has 4 heteroatoms. The van der Waals surface area contributed by atoms with Crippen molar-refractivity contribution >= 4 is 16.7 Å². The summed E-state index contributed by atoms with van der Waals surface area (Å²) in [5, 5.41) is 2.17. The first-order valence-electron chi connectivity index (χ1n) is 8.21. The van der Waals surface area contributed by atoms with E-state index >= 15 is 0 Å². The molecular weight excluding hydrogens is 316 g/mol. The third kappa shape index (κ3) is 4.51. The smallest absolute Gasteiger partial charge is 0.311 e. The Balaban J connectivity index is 1.47. The van der Waals surface area contributed by atoms with Crippen LogP contribution in [0.15, 0.2) is 66.7 Å². The van der Waals surface area contributed by atoms with E-state index in [1.54, 1.807) is 7.11 Å². The molecule has 0 aromatic heterocycles. The van der Waals surface area contributed by atoms with Crippen molar-refractivity contribution in [1.82, 2.24) is 0 Å². The molecule has 0 aliphatic rings. The van der Waals surface area contributed by atoms with Gasteiger partial charge in [0.15, 0.2) is 11.5 Å². The van der Waals surface area contributed by atoms with E-state index in [0.29, 0.717) is 36.7 Å². The number of fused-ring (bicyclic) bond motifs is 1. The van der Waals surface area contributed by atoms with Gasteiger partial charge in [0.1, 0.15) is 5.75 Å². The second kappa shape index (κ2) is 8.20. The van der Waals surface area contributed by atoms with Crippen LogP contribution in [0.25, 0.3) is 10.8 Å². The van der Waals surface area contributed by atoms with Gasteiger partial charge in [-0.15, -0.1) is 0 Å². The summed E-state index contributed by atoms with van der Waals surface area (Å²) in [5.41, 5.74) is 0. The van der Waals surface area contributed by atoms with Crippen molar-refractivity contribution in [1.29, 1.82) is 0 Å². The van der Waals surface area contributed by atoms with Crippen LogP contribution in [0.4, 0.5) is 0 Å². The zero-order chi connectivity index (χ0) is 17.5. The van der Waals surface area contributed by atoms with Crippen LogP contribution in [0.1, 0.15) is 12.8 Å². The minimum absolute atomic E-state index is 0.265. The summed E-state index contributed by atoms with van der Waals surface area (Å²) >= 11 is 0. The fraction of sp³-hybridized carbons (Fsp3) is 0.190.